The molecular weight excluding hydrogens is 265 g/mol. The summed E-state index contributed by atoms with van der Waals surface area (Å²) in [5.41, 5.74) is 8.98. The van der Waals surface area contributed by atoms with Gasteiger partial charge in [0.05, 0.1) is 16.1 Å². The summed E-state index contributed by atoms with van der Waals surface area (Å²) in [7, 11) is 0. The SMILES string of the molecule is NCc1ccc2nc(-c3ccc(Cl)c(F)c3)[nH]c2c1. The Balaban J connectivity index is 2.11. The van der Waals surface area contributed by atoms with Crippen molar-refractivity contribution < 1.29 is 4.39 Å². The summed E-state index contributed by atoms with van der Waals surface area (Å²) in [5.74, 6) is 0.155. The number of halogens is 2. The lowest BCUT2D eigenvalue weighted by Crippen LogP contribution is -1.95. The van der Waals surface area contributed by atoms with Crippen LogP contribution in [-0.4, -0.2) is 9.97 Å². The van der Waals surface area contributed by atoms with E-state index in [-0.39, 0.29) is 5.02 Å². The molecule has 0 bridgehead atoms. The first-order valence-corrected chi connectivity index (χ1v) is 6.19. The first-order chi connectivity index (χ1) is 9.17. The molecule has 0 saturated carbocycles. The van der Waals surface area contributed by atoms with Gasteiger partial charge in [-0.15, -0.1) is 0 Å². The first kappa shape index (κ1) is 12.1. The number of aromatic amines is 1. The summed E-state index contributed by atoms with van der Waals surface area (Å²) < 4.78 is 13.4. The van der Waals surface area contributed by atoms with Crippen LogP contribution in [0.5, 0.6) is 0 Å². The molecule has 2 aromatic carbocycles. The molecule has 0 saturated heterocycles. The van der Waals surface area contributed by atoms with Gasteiger partial charge in [-0.3, -0.25) is 0 Å². The zero-order chi connectivity index (χ0) is 13.4. The maximum absolute atomic E-state index is 13.4. The van der Waals surface area contributed by atoms with Gasteiger partial charge >= 0.3 is 0 Å². The lowest BCUT2D eigenvalue weighted by Gasteiger charge is -1.98. The predicted molar refractivity (Wildman–Crippen MR) is 74.4 cm³/mol. The van der Waals surface area contributed by atoms with E-state index in [1.807, 2.05) is 18.2 Å². The van der Waals surface area contributed by atoms with Gasteiger partial charge in [-0.1, -0.05) is 17.7 Å². The van der Waals surface area contributed by atoms with Crippen molar-refractivity contribution in [1.29, 1.82) is 0 Å². The topological polar surface area (TPSA) is 54.7 Å². The van der Waals surface area contributed by atoms with E-state index < -0.39 is 5.82 Å². The first-order valence-electron chi connectivity index (χ1n) is 5.81. The summed E-state index contributed by atoms with van der Waals surface area (Å²) in [4.78, 5) is 7.58. The number of H-pyrrole nitrogens is 1. The summed E-state index contributed by atoms with van der Waals surface area (Å²) >= 11 is 5.67. The molecular formula is C14H11ClFN3. The molecule has 0 unspecified atom stereocenters. The van der Waals surface area contributed by atoms with Gasteiger partial charge in [0.15, 0.2) is 0 Å². The molecule has 0 aliphatic heterocycles. The molecule has 0 aliphatic carbocycles. The highest BCUT2D eigenvalue weighted by molar-refractivity contribution is 6.30. The number of nitrogens with one attached hydrogen (secondary N) is 1. The number of rotatable bonds is 2. The second-order valence-electron chi connectivity index (χ2n) is 4.27. The number of aromatic nitrogens is 2. The number of benzene rings is 2. The maximum Gasteiger partial charge on any atom is 0.142 e. The fourth-order valence-electron chi connectivity index (χ4n) is 1.96. The molecule has 0 fully saturated rings. The van der Waals surface area contributed by atoms with Crippen LogP contribution in [0, 0.1) is 5.82 Å². The van der Waals surface area contributed by atoms with Gasteiger partial charge in [0.2, 0.25) is 0 Å². The van der Waals surface area contributed by atoms with Crippen LogP contribution in [-0.2, 0) is 6.54 Å². The molecule has 0 amide bonds. The Morgan fingerprint density at radius 2 is 2.05 bits per heavy atom. The van der Waals surface area contributed by atoms with Crippen molar-refractivity contribution in [2.45, 2.75) is 6.54 Å². The Hall–Kier alpha value is -1.91. The van der Waals surface area contributed by atoms with E-state index in [0.29, 0.717) is 17.9 Å². The second kappa shape index (κ2) is 4.64. The number of nitrogens with two attached hydrogens (primary N) is 1. The van der Waals surface area contributed by atoms with Crippen LogP contribution in [0.2, 0.25) is 5.02 Å². The Labute approximate surface area is 114 Å². The fourth-order valence-corrected chi connectivity index (χ4v) is 2.08. The minimum atomic E-state index is -0.456. The van der Waals surface area contributed by atoms with E-state index in [0.717, 1.165) is 16.6 Å². The van der Waals surface area contributed by atoms with Gasteiger partial charge < -0.3 is 10.7 Å². The van der Waals surface area contributed by atoms with Crippen LogP contribution >= 0.6 is 11.6 Å². The van der Waals surface area contributed by atoms with Crippen molar-refractivity contribution in [1.82, 2.24) is 9.97 Å². The van der Waals surface area contributed by atoms with Gasteiger partial charge in [0.1, 0.15) is 11.6 Å². The highest BCUT2D eigenvalue weighted by atomic mass is 35.5. The Bertz CT molecular complexity index is 752. The number of hydrogen-bond donors (Lipinski definition) is 2. The van der Waals surface area contributed by atoms with Crippen molar-refractivity contribution in [3.05, 3.63) is 52.8 Å². The van der Waals surface area contributed by atoms with E-state index in [2.05, 4.69) is 9.97 Å². The van der Waals surface area contributed by atoms with Gasteiger partial charge in [-0.05, 0) is 35.9 Å². The number of fused-ring (bicyclic) bond motifs is 1. The third-order valence-electron chi connectivity index (χ3n) is 2.98. The standard InChI is InChI=1S/C14H11ClFN3/c15-10-3-2-9(6-11(10)16)14-18-12-4-1-8(7-17)5-13(12)19-14/h1-6H,7,17H2,(H,18,19). The smallest absolute Gasteiger partial charge is 0.142 e. The average molecular weight is 276 g/mol. The van der Waals surface area contributed by atoms with Crippen LogP contribution < -0.4 is 5.73 Å². The average Bonchev–Trinajstić information content (AvgIpc) is 2.84. The van der Waals surface area contributed by atoms with Crippen LogP contribution in [0.3, 0.4) is 0 Å². The largest absolute Gasteiger partial charge is 0.338 e. The van der Waals surface area contributed by atoms with Gasteiger partial charge in [-0.25, -0.2) is 9.37 Å². The predicted octanol–water partition coefficient (Wildman–Crippen LogP) is 3.48. The fraction of sp³-hybridized carbons (Fsp3) is 0.0714. The third kappa shape index (κ3) is 2.20. The molecule has 0 atom stereocenters. The molecule has 96 valence electrons. The summed E-state index contributed by atoms with van der Waals surface area (Å²) in [6.45, 7) is 0.472. The summed E-state index contributed by atoms with van der Waals surface area (Å²) in [6, 6.07) is 10.4. The lowest BCUT2D eigenvalue weighted by molar-refractivity contribution is 0.628. The van der Waals surface area contributed by atoms with Gasteiger partial charge in [0, 0.05) is 12.1 Å². The maximum atomic E-state index is 13.4. The van der Waals surface area contributed by atoms with Crippen molar-refractivity contribution in [3.63, 3.8) is 0 Å². The molecule has 0 aliphatic rings. The summed E-state index contributed by atoms with van der Waals surface area (Å²) in [6.07, 6.45) is 0. The Kier molecular flexibility index (Phi) is 2.97. The van der Waals surface area contributed by atoms with Gasteiger partial charge in [-0.2, -0.15) is 0 Å². The molecule has 3 nitrogen and oxygen atoms in total. The van der Waals surface area contributed by atoms with E-state index in [4.69, 9.17) is 17.3 Å². The minimum absolute atomic E-state index is 0.102. The molecule has 3 rings (SSSR count). The van der Waals surface area contributed by atoms with Crippen LogP contribution in [0.25, 0.3) is 22.4 Å². The molecule has 3 N–H and O–H groups in total. The number of nitrogens with zero attached hydrogens (tertiary/aromatic N) is 1. The Morgan fingerprint density at radius 3 is 2.79 bits per heavy atom. The normalized spacial score (nSPS) is 11.1. The van der Waals surface area contributed by atoms with E-state index in [1.165, 1.54) is 12.1 Å². The monoisotopic (exact) mass is 275 g/mol. The molecule has 0 radical (unpaired) electrons. The van der Waals surface area contributed by atoms with Crippen LogP contribution in [0.15, 0.2) is 36.4 Å². The van der Waals surface area contributed by atoms with E-state index >= 15 is 0 Å². The number of hydrogen-bond acceptors (Lipinski definition) is 2. The quantitative estimate of drug-likeness (QED) is 0.752. The highest BCUT2D eigenvalue weighted by Crippen LogP contribution is 2.24. The van der Waals surface area contributed by atoms with Crippen molar-refractivity contribution in [2.24, 2.45) is 5.73 Å². The molecule has 0 spiro atoms. The zero-order valence-corrected chi connectivity index (χ0v) is 10.7. The van der Waals surface area contributed by atoms with Gasteiger partial charge in [0.25, 0.3) is 0 Å². The molecule has 1 aromatic heterocycles. The molecule has 5 heteroatoms. The van der Waals surface area contributed by atoms with E-state index in [1.54, 1.807) is 6.07 Å². The lowest BCUT2D eigenvalue weighted by atomic mass is 10.2. The van der Waals surface area contributed by atoms with Crippen molar-refractivity contribution in [3.8, 4) is 11.4 Å². The molecule has 3 aromatic rings. The molecule has 19 heavy (non-hydrogen) atoms. The van der Waals surface area contributed by atoms with Crippen molar-refractivity contribution in [2.75, 3.05) is 0 Å². The van der Waals surface area contributed by atoms with Crippen LogP contribution in [0.1, 0.15) is 5.56 Å². The Morgan fingerprint density at radius 1 is 1.21 bits per heavy atom. The third-order valence-corrected chi connectivity index (χ3v) is 3.28. The van der Waals surface area contributed by atoms with Crippen LogP contribution in [0.4, 0.5) is 4.39 Å². The van der Waals surface area contributed by atoms with Crippen molar-refractivity contribution >= 4 is 22.6 Å². The molecule has 1 heterocycles. The van der Waals surface area contributed by atoms with E-state index in [9.17, 15) is 4.39 Å². The number of imidazole rings is 1. The minimum Gasteiger partial charge on any atom is -0.338 e. The second-order valence-corrected chi connectivity index (χ2v) is 4.68. The summed E-state index contributed by atoms with van der Waals surface area (Å²) in [5, 5.41) is 0.102. The highest BCUT2D eigenvalue weighted by Gasteiger charge is 2.08. The zero-order valence-electron chi connectivity index (χ0n) is 9.95.